The minimum Gasteiger partial charge on any atom is -0.461 e. The number of anilines is 1. The highest BCUT2D eigenvalue weighted by Gasteiger charge is 2.18. The minimum atomic E-state index is -3.72. The third kappa shape index (κ3) is 3.37. The van der Waals surface area contributed by atoms with Gasteiger partial charge in [-0.25, -0.2) is 8.42 Å². The molecule has 0 fully saturated rings. The zero-order valence-electron chi connectivity index (χ0n) is 15.2. The fraction of sp³-hybridized carbons (Fsp3) is 0.250. The van der Waals surface area contributed by atoms with E-state index < -0.39 is 10.0 Å². The van der Waals surface area contributed by atoms with Gasteiger partial charge in [-0.15, -0.1) is 0 Å². The number of Topliss-reactive ketones (excluding diaryl/α,β-unsaturated/α-hetero) is 1. The van der Waals surface area contributed by atoms with Gasteiger partial charge in [0.1, 0.15) is 11.3 Å². The van der Waals surface area contributed by atoms with Gasteiger partial charge in [0.05, 0.1) is 10.5 Å². The monoisotopic (exact) mass is 371 g/mol. The summed E-state index contributed by atoms with van der Waals surface area (Å²) in [6.45, 7) is 7.29. The van der Waals surface area contributed by atoms with Crippen molar-refractivity contribution >= 4 is 32.5 Å². The molecule has 5 nitrogen and oxygen atoms in total. The van der Waals surface area contributed by atoms with Gasteiger partial charge in [-0.3, -0.25) is 9.52 Å². The summed E-state index contributed by atoms with van der Waals surface area (Å²) in [5, 5.41) is 0.602. The largest absolute Gasteiger partial charge is 0.461 e. The number of nitrogens with one attached hydrogen (secondary N) is 1. The second-order valence-corrected chi connectivity index (χ2v) is 8.31. The first-order valence-electron chi connectivity index (χ1n) is 8.36. The summed E-state index contributed by atoms with van der Waals surface area (Å²) in [6.07, 6.45) is 0. The smallest absolute Gasteiger partial charge is 0.261 e. The summed E-state index contributed by atoms with van der Waals surface area (Å²) in [7, 11) is -3.72. The molecule has 0 bridgehead atoms. The van der Waals surface area contributed by atoms with E-state index in [0.29, 0.717) is 33.9 Å². The maximum absolute atomic E-state index is 12.6. The number of sulfonamides is 1. The van der Waals surface area contributed by atoms with E-state index in [9.17, 15) is 13.2 Å². The van der Waals surface area contributed by atoms with Gasteiger partial charge in [-0.05, 0) is 55.7 Å². The van der Waals surface area contributed by atoms with Crippen LogP contribution < -0.4 is 4.72 Å². The lowest BCUT2D eigenvalue weighted by molar-refractivity contribution is 0.101. The number of aryl methyl sites for hydroxylation is 1. The van der Waals surface area contributed by atoms with E-state index >= 15 is 0 Å². The van der Waals surface area contributed by atoms with Crippen LogP contribution in [-0.2, 0) is 10.0 Å². The van der Waals surface area contributed by atoms with E-state index in [0.717, 1.165) is 5.56 Å². The Kier molecular flexibility index (Phi) is 4.63. The molecule has 0 aliphatic heterocycles. The normalized spacial score (nSPS) is 11.9. The highest BCUT2D eigenvalue weighted by molar-refractivity contribution is 7.92. The third-order valence-electron chi connectivity index (χ3n) is 4.33. The molecule has 0 spiro atoms. The first-order valence-corrected chi connectivity index (χ1v) is 9.84. The Morgan fingerprint density at radius 1 is 1.08 bits per heavy atom. The standard InChI is InChI=1S/C20H21NO4S/c1-12(2)15-5-8-17(9-6-15)26(23,24)21-16-7-10-19-18(11-16)20(13(3)22)14(4)25-19/h5-12,21H,1-4H3. The zero-order chi connectivity index (χ0) is 19.1. The van der Waals surface area contributed by atoms with Crippen LogP contribution in [0.15, 0.2) is 51.8 Å². The fourth-order valence-electron chi connectivity index (χ4n) is 2.97. The zero-order valence-corrected chi connectivity index (χ0v) is 16.0. The van der Waals surface area contributed by atoms with Gasteiger partial charge in [0.2, 0.25) is 0 Å². The molecule has 1 heterocycles. The van der Waals surface area contributed by atoms with Crippen molar-refractivity contribution in [3.05, 3.63) is 59.4 Å². The minimum absolute atomic E-state index is 0.120. The Labute approximate surface area is 153 Å². The predicted molar refractivity (Wildman–Crippen MR) is 102 cm³/mol. The van der Waals surface area contributed by atoms with Crippen molar-refractivity contribution in [2.75, 3.05) is 4.72 Å². The SMILES string of the molecule is CC(=O)c1c(C)oc2ccc(NS(=O)(=O)c3ccc(C(C)C)cc3)cc12. The molecular formula is C20H21NO4S. The van der Waals surface area contributed by atoms with E-state index in [4.69, 9.17) is 4.42 Å². The number of benzene rings is 2. The van der Waals surface area contributed by atoms with Crippen molar-refractivity contribution in [3.8, 4) is 0 Å². The van der Waals surface area contributed by atoms with Crippen molar-refractivity contribution in [2.45, 2.75) is 38.5 Å². The molecule has 0 atom stereocenters. The lowest BCUT2D eigenvalue weighted by atomic mass is 10.0. The molecule has 136 valence electrons. The molecule has 0 aliphatic rings. The van der Waals surface area contributed by atoms with Gasteiger partial charge in [0.25, 0.3) is 10.0 Å². The molecule has 0 aliphatic carbocycles. The number of carbonyl (C=O) groups is 1. The van der Waals surface area contributed by atoms with E-state index in [2.05, 4.69) is 18.6 Å². The summed E-state index contributed by atoms with van der Waals surface area (Å²) in [6, 6.07) is 11.7. The lowest BCUT2D eigenvalue weighted by Crippen LogP contribution is -2.13. The van der Waals surface area contributed by atoms with Gasteiger partial charge in [0, 0.05) is 11.1 Å². The van der Waals surface area contributed by atoms with Crippen molar-refractivity contribution in [2.24, 2.45) is 0 Å². The molecule has 1 aromatic heterocycles. The number of fused-ring (bicyclic) bond motifs is 1. The van der Waals surface area contributed by atoms with E-state index in [-0.39, 0.29) is 10.7 Å². The van der Waals surface area contributed by atoms with Crippen molar-refractivity contribution in [3.63, 3.8) is 0 Å². The number of rotatable bonds is 5. The number of hydrogen-bond acceptors (Lipinski definition) is 4. The Hall–Kier alpha value is -2.60. The maximum Gasteiger partial charge on any atom is 0.261 e. The number of ketones is 1. The molecule has 1 N–H and O–H groups in total. The second-order valence-electron chi connectivity index (χ2n) is 6.63. The van der Waals surface area contributed by atoms with Gasteiger partial charge < -0.3 is 4.42 Å². The number of hydrogen-bond donors (Lipinski definition) is 1. The Bertz CT molecular complexity index is 1080. The van der Waals surface area contributed by atoms with Gasteiger partial charge in [-0.1, -0.05) is 26.0 Å². The molecule has 3 rings (SSSR count). The van der Waals surface area contributed by atoms with Crippen LogP contribution in [0.5, 0.6) is 0 Å². The molecular weight excluding hydrogens is 350 g/mol. The molecule has 0 unspecified atom stereocenters. The first-order chi connectivity index (χ1) is 12.2. The second kappa shape index (κ2) is 6.61. The van der Waals surface area contributed by atoms with E-state index in [1.54, 1.807) is 37.3 Å². The molecule has 0 saturated carbocycles. The fourth-order valence-corrected chi connectivity index (χ4v) is 4.02. The molecule has 26 heavy (non-hydrogen) atoms. The van der Waals surface area contributed by atoms with E-state index in [1.165, 1.54) is 6.92 Å². The highest BCUT2D eigenvalue weighted by Crippen LogP contribution is 2.29. The maximum atomic E-state index is 12.6. The molecule has 2 aromatic carbocycles. The Morgan fingerprint density at radius 2 is 1.73 bits per heavy atom. The summed E-state index contributed by atoms with van der Waals surface area (Å²) in [4.78, 5) is 12.0. The van der Waals surface area contributed by atoms with Gasteiger partial charge in [0.15, 0.2) is 5.78 Å². The van der Waals surface area contributed by atoms with Crippen LogP contribution in [0.4, 0.5) is 5.69 Å². The van der Waals surface area contributed by atoms with Crippen molar-refractivity contribution in [1.82, 2.24) is 0 Å². The van der Waals surface area contributed by atoms with Crippen LogP contribution in [0.1, 0.15) is 48.4 Å². The summed E-state index contributed by atoms with van der Waals surface area (Å²) in [5.41, 5.74) is 2.48. The van der Waals surface area contributed by atoms with E-state index in [1.807, 2.05) is 12.1 Å². The summed E-state index contributed by atoms with van der Waals surface area (Å²) in [5.74, 6) is 0.735. The predicted octanol–water partition coefficient (Wildman–Crippen LogP) is 4.87. The summed E-state index contributed by atoms with van der Waals surface area (Å²) < 4.78 is 33.4. The van der Waals surface area contributed by atoms with Crippen LogP contribution in [0, 0.1) is 6.92 Å². The van der Waals surface area contributed by atoms with Crippen LogP contribution in [0.3, 0.4) is 0 Å². The highest BCUT2D eigenvalue weighted by atomic mass is 32.2. The average Bonchev–Trinajstić information content (AvgIpc) is 2.89. The van der Waals surface area contributed by atoms with Crippen LogP contribution in [0.2, 0.25) is 0 Å². The molecule has 0 radical (unpaired) electrons. The third-order valence-corrected chi connectivity index (χ3v) is 5.72. The van der Waals surface area contributed by atoms with Crippen molar-refractivity contribution in [1.29, 1.82) is 0 Å². The van der Waals surface area contributed by atoms with Crippen molar-refractivity contribution < 1.29 is 17.6 Å². The molecule has 0 saturated heterocycles. The van der Waals surface area contributed by atoms with Crippen LogP contribution in [0.25, 0.3) is 11.0 Å². The first kappa shape index (κ1) is 18.2. The molecule has 0 amide bonds. The lowest BCUT2D eigenvalue weighted by Gasteiger charge is -2.10. The average molecular weight is 371 g/mol. The Balaban J connectivity index is 1.96. The number of carbonyl (C=O) groups excluding carboxylic acids is 1. The van der Waals surface area contributed by atoms with Crippen LogP contribution >= 0.6 is 0 Å². The topological polar surface area (TPSA) is 76.4 Å². The molecule has 3 aromatic rings. The number of furan rings is 1. The van der Waals surface area contributed by atoms with Gasteiger partial charge >= 0.3 is 0 Å². The summed E-state index contributed by atoms with van der Waals surface area (Å²) >= 11 is 0. The quantitative estimate of drug-likeness (QED) is 0.649. The van der Waals surface area contributed by atoms with Crippen LogP contribution in [-0.4, -0.2) is 14.2 Å². The Morgan fingerprint density at radius 3 is 2.31 bits per heavy atom. The molecule has 6 heteroatoms. The van der Waals surface area contributed by atoms with Gasteiger partial charge in [-0.2, -0.15) is 0 Å².